The zero-order valence-corrected chi connectivity index (χ0v) is 10.1. The number of aliphatic hydroxyl groups is 1. The Kier molecular flexibility index (Phi) is 2.90. The van der Waals surface area contributed by atoms with Crippen LogP contribution in [-0.4, -0.2) is 17.3 Å². The monoisotopic (exact) mass is 285 g/mol. The van der Waals surface area contributed by atoms with E-state index in [-0.39, 0.29) is 0 Å². The van der Waals surface area contributed by atoms with Gasteiger partial charge in [0.2, 0.25) is 0 Å². The van der Waals surface area contributed by atoms with Crippen molar-refractivity contribution in [2.45, 2.75) is 24.5 Å². The van der Waals surface area contributed by atoms with E-state index in [2.05, 4.69) is 15.9 Å². The van der Waals surface area contributed by atoms with Crippen molar-refractivity contribution in [3.63, 3.8) is 0 Å². The number of benzene rings is 1. The van der Waals surface area contributed by atoms with E-state index in [0.29, 0.717) is 12.8 Å². The van der Waals surface area contributed by atoms with E-state index >= 15 is 0 Å². The van der Waals surface area contributed by atoms with Crippen molar-refractivity contribution in [3.05, 3.63) is 34.3 Å². The molecule has 3 N–H and O–H groups in total. The molecule has 0 bridgehead atoms. The third kappa shape index (κ3) is 2.05. The molecule has 0 aliphatic heterocycles. The van der Waals surface area contributed by atoms with Crippen LogP contribution in [0, 0.1) is 0 Å². The molecule has 0 saturated heterocycles. The zero-order valence-electron chi connectivity index (χ0n) is 8.52. The second kappa shape index (κ2) is 4.07. The number of amides is 1. The molecule has 0 unspecified atom stereocenters. The molecule has 0 aromatic heterocycles. The number of hydrogen-bond donors (Lipinski definition) is 2. The van der Waals surface area contributed by atoms with Crippen LogP contribution in [0.15, 0.2) is 28.7 Å². The van der Waals surface area contributed by atoms with Crippen LogP contribution >= 0.6 is 15.9 Å². The fourth-order valence-electron chi connectivity index (χ4n) is 2.03. The Morgan fingerprint density at radius 3 is 2.44 bits per heavy atom. The van der Waals surface area contributed by atoms with Gasteiger partial charge in [-0.05, 0) is 17.7 Å². The van der Waals surface area contributed by atoms with E-state index < -0.39 is 17.8 Å². The van der Waals surface area contributed by atoms with E-state index in [1.165, 1.54) is 0 Å². The minimum Gasteiger partial charge on any atom is -0.438 e. The Hall–Kier alpha value is -1.07. The standard InChI is InChI=1S/C11H12BrNO3/c12-8-3-1-7(2-4-8)11(16-10(13)15)5-9(14)6-11/h1-4,9,14H,5-6H2,(H2,13,15). The SMILES string of the molecule is NC(=O)OC1(c2ccc(Br)cc2)CC(O)C1. The van der Waals surface area contributed by atoms with Gasteiger partial charge in [0.1, 0.15) is 5.60 Å². The summed E-state index contributed by atoms with van der Waals surface area (Å²) in [5.74, 6) is 0. The Labute approximate surface area is 102 Å². The van der Waals surface area contributed by atoms with Crippen LogP contribution in [0.3, 0.4) is 0 Å². The Balaban J connectivity index is 2.26. The second-order valence-electron chi connectivity index (χ2n) is 3.98. The molecule has 5 heteroatoms. The second-order valence-corrected chi connectivity index (χ2v) is 4.90. The van der Waals surface area contributed by atoms with E-state index in [0.717, 1.165) is 10.0 Å². The molecule has 0 atom stereocenters. The molecular weight excluding hydrogens is 274 g/mol. The van der Waals surface area contributed by atoms with Crippen molar-refractivity contribution in [1.82, 2.24) is 0 Å². The highest BCUT2D eigenvalue weighted by molar-refractivity contribution is 9.10. The summed E-state index contributed by atoms with van der Waals surface area (Å²) in [6, 6.07) is 7.45. The van der Waals surface area contributed by atoms with Crippen LogP contribution in [0.4, 0.5) is 4.79 Å². The van der Waals surface area contributed by atoms with Crippen LogP contribution < -0.4 is 5.73 Å². The minimum atomic E-state index is -0.810. The number of halogens is 1. The number of primary amides is 1. The van der Waals surface area contributed by atoms with Crippen LogP contribution in [0.1, 0.15) is 18.4 Å². The largest absolute Gasteiger partial charge is 0.438 e. The summed E-state index contributed by atoms with van der Waals surface area (Å²) in [6.07, 6.45) is -0.437. The van der Waals surface area contributed by atoms with Gasteiger partial charge >= 0.3 is 6.09 Å². The number of carbonyl (C=O) groups excluding carboxylic acids is 1. The average Bonchev–Trinajstić information content (AvgIpc) is 2.15. The number of hydrogen-bond acceptors (Lipinski definition) is 3. The normalized spacial score (nSPS) is 28.2. The predicted octanol–water partition coefficient (Wildman–Crippen LogP) is 1.89. The number of nitrogens with two attached hydrogens (primary N) is 1. The zero-order chi connectivity index (χ0) is 11.8. The highest BCUT2D eigenvalue weighted by Gasteiger charge is 2.48. The molecule has 0 radical (unpaired) electrons. The lowest BCUT2D eigenvalue weighted by atomic mass is 9.72. The van der Waals surface area contributed by atoms with E-state index in [9.17, 15) is 9.90 Å². The maximum atomic E-state index is 10.9. The van der Waals surface area contributed by atoms with E-state index in [4.69, 9.17) is 10.5 Å². The van der Waals surface area contributed by atoms with Gasteiger partial charge < -0.3 is 15.6 Å². The van der Waals surface area contributed by atoms with Gasteiger partial charge in [-0.25, -0.2) is 4.79 Å². The highest BCUT2D eigenvalue weighted by atomic mass is 79.9. The van der Waals surface area contributed by atoms with Crippen molar-refractivity contribution < 1.29 is 14.6 Å². The number of aliphatic hydroxyl groups excluding tert-OH is 1. The van der Waals surface area contributed by atoms with Crippen LogP contribution in [0.25, 0.3) is 0 Å². The summed E-state index contributed by atoms with van der Waals surface area (Å²) in [6.45, 7) is 0. The molecule has 2 rings (SSSR count). The van der Waals surface area contributed by atoms with Gasteiger partial charge in [-0.2, -0.15) is 0 Å². The van der Waals surface area contributed by atoms with Crippen molar-refractivity contribution in [2.75, 3.05) is 0 Å². The molecule has 1 aromatic carbocycles. The van der Waals surface area contributed by atoms with Gasteiger partial charge in [0.05, 0.1) is 6.10 Å². The molecule has 1 aliphatic rings. The first-order valence-corrected chi connectivity index (χ1v) is 5.74. The lowest BCUT2D eigenvalue weighted by Crippen LogP contribution is -2.48. The maximum Gasteiger partial charge on any atom is 0.405 e. The summed E-state index contributed by atoms with van der Waals surface area (Å²) in [7, 11) is 0. The molecule has 4 nitrogen and oxygen atoms in total. The molecule has 1 amide bonds. The average molecular weight is 286 g/mol. The molecule has 16 heavy (non-hydrogen) atoms. The van der Waals surface area contributed by atoms with Crippen molar-refractivity contribution in [3.8, 4) is 0 Å². The Bertz CT molecular complexity index is 398. The van der Waals surface area contributed by atoms with Crippen molar-refractivity contribution in [1.29, 1.82) is 0 Å². The minimum absolute atomic E-state index is 0.400. The van der Waals surface area contributed by atoms with Crippen LogP contribution in [0.2, 0.25) is 0 Å². The van der Waals surface area contributed by atoms with Gasteiger partial charge in [0, 0.05) is 17.3 Å². The molecule has 1 saturated carbocycles. The lowest BCUT2D eigenvalue weighted by Gasteiger charge is -2.44. The van der Waals surface area contributed by atoms with E-state index in [1.807, 2.05) is 24.3 Å². The first-order chi connectivity index (χ1) is 7.52. The van der Waals surface area contributed by atoms with Gasteiger partial charge in [-0.3, -0.25) is 0 Å². The van der Waals surface area contributed by atoms with E-state index in [1.54, 1.807) is 0 Å². The smallest absolute Gasteiger partial charge is 0.405 e. The van der Waals surface area contributed by atoms with Crippen molar-refractivity contribution in [2.24, 2.45) is 5.73 Å². The summed E-state index contributed by atoms with van der Waals surface area (Å²) in [5, 5.41) is 9.37. The first-order valence-electron chi connectivity index (χ1n) is 4.94. The molecule has 0 heterocycles. The predicted molar refractivity (Wildman–Crippen MR) is 61.7 cm³/mol. The molecular formula is C11H12BrNO3. The summed E-state index contributed by atoms with van der Waals surface area (Å²) in [5.41, 5.74) is 5.17. The number of carbonyl (C=O) groups is 1. The highest BCUT2D eigenvalue weighted by Crippen LogP contribution is 2.45. The van der Waals surface area contributed by atoms with Gasteiger partial charge in [-0.1, -0.05) is 28.1 Å². The summed E-state index contributed by atoms with van der Waals surface area (Å²) < 4.78 is 6.08. The molecule has 0 spiro atoms. The molecule has 1 fully saturated rings. The topological polar surface area (TPSA) is 72.6 Å². The first kappa shape index (κ1) is 11.4. The number of ether oxygens (including phenoxy) is 1. The summed E-state index contributed by atoms with van der Waals surface area (Å²) >= 11 is 3.33. The number of rotatable bonds is 2. The Morgan fingerprint density at radius 1 is 1.44 bits per heavy atom. The fourth-order valence-corrected chi connectivity index (χ4v) is 2.29. The lowest BCUT2D eigenvalue weighted by molar-refractivity contribution is -0.120. The van der Waals surface area contributed by atoms with Gasteiger partial charge in [0.15, 0.2) is 0 Å². The van der Waals surface area contributed by atoms with Crippen LogP contribution in [-0.2, 0) is 10.3 Å². The quantitative estimate of drug-likeness (QED) is 0.872. The molecule has 1 aromatic rings. The fraction of sp³-hybridized carbons (Fsp3) is 0.364. The van der Waals surface area contributed by atoms with Crippen LogP contribution in [0.5, 0.6) is 0 Å². The molecule has 1 aliphatic carbocycles. The summed E-state index contributed by atoms with van der Waals surface area (Å²) in [4.78, 5) is 10.9. The van der Waals surface area contributed by atoms with Gasteiger partial charge in [0.25, 0.3) is 0 Å². The Morgan fingerprint density at radius 2 is 2.00 bits per heavy atom. The third-order valence-electron chi connectivity index (χ3n) is 2.80. The molecule has 86 valence electrons. The third-order valence-corrected chi connectivity index (χ3v) is 3.33. The van der Waals surface area contributed by atoms with Crippen molar-refractivity contribution >= 4 is 22.0 Å². The maximum absolute atomic E-state index is 10.9. The van der Waals surface area contributed by atoms with Gasteiger partial charge in [-0.15, -0.1) is 0 Å².